The molecule has 0 spiro atoms. The molecule has 1 aliphatic carbocycles. The lowest BCUT2D eigenvalue weighted by molar-refractivity contribution is 0.296. The molecule has 3 rings (SSSR count). The van der Waals surface area contributed by atoms with Crippen LogP contribution in [-0.4, -0.2) is 22.4 Å². The quantitative estimate of drug-likeness (QED) is 0.765. The number of nitrogens with zero attached hydrogens (tertiary/aromatic N) is 2. The van der Waals surface area contributed by atoms with Crippen LogP contribution in [0.2, 0.25) is 0 Å². The Morgan fingerprint density at radius 2 is 2.25 bits per heavy atom. The lowest BCUT2D eigenvalue weighted by Crippen LogP contribution is -2.05. The number of aromatic nitrogens is 2. The molecule has 0 aliphatic heterocycles. The molecule has 2 aromatic rings. The van der Waals surface area contributed by atoms with Crippen molar-refractivity contribution in [2.24, 2.45) is 5.92 Å². The van der Waals surface area contributed by atoms with E-state index in [2.05, 4.69) is 38.9 Å². The molecule has 20 heavy (non-hydrogen) atoms. The van der Waals surface area contributed by atoms with Crippen molar-refractivity contribution in [3.05, 3.63) is 22.2 Å². The number of hydrogen-bond acceptors (Lipinski definition) is 3. The third-order valence-corrected chi connectivity index (χ3v) is 4.63. The third kappa shape index (κ3) is 2.84. The third-order valence-electron chi connectivity index (χ3n) is 3.57. The van der Waals surface area contributed by atoms with Gasteiger partial charge in [0.1, 0.15) is 0 Å². The van der Waals surface area contributed by atoms with Crippen molar-refractivity contribution in [3.63, 3.8) is 0 Å². The van der Waals surface area contributed by atoms with Gasteiger partial charge in [0.25, 0.3) is 6.01 Å². The zero-order valence-electron chi connectivity index (χ0n) is 11.9. The van der Waals surface area contributed by atoms with Crippen LogP contribution in [0.5, 0.6) is 6.01 Å². The van der Waals surface area contributed by atoms with E-state index in [-0.39, 0.29) is 0 Å². The molecule has 1 aliphatic rings. The Balaban J connectivity index is 2.13. The van der Waals surface area contributed by atoms with Crippen LogP contribution in [-0.2, 0) is 12.3 Å². The molecule has 0 unspecified atom stereocenters. The highest BCUT2D eigenvalue weighted by atomic mass is 79.9. The van der Waals surface area contributed by atoms with Gasteiger partial charge in [0, 0.05) is 16.8 Å². The molecule has 0 atom stereocenters. The van der Waals surface area contributed by atoms with Crippen LogP contribution in [0.15, 0.2) is 16.6 Å². The van der Waals surface area contributed by atoms with Crippen LogP contribution in [0.1, 0.15) is 25.3 Å². The lowest BCUT2D eigenvalue weighted by Gasteiger charge is -2.08. The maximum atomic E-state index is 5.75. The SMILES string of the molecule is CCOc1nc2c(CSC)cc(Br)cc2n1CC1CC1. The first-order valence-corrected chi connectivity index (χ1v) is 9.22. The van der Waals surface area contributed by atoms with E-state index in [9.17, 15) is 0 Å². The summed E-state index contributed by atoms with van der Waals surface area (Å²) in [5.41, 5.74) is 3.56. The second kappa shape index (κ2) is 5.98. The average Bonchev–Trinajstić information content (AvgIpc) is 3.16. The van der Waals surface area contributed by atoms with Gasteiger partial charge in [-0.05, 0) is 49.6 Å². The number of thioether (sulfide) groups is 1. The molecule has 1 aromatic carbocycles. The molecule has 1 heterocycles. The Hall–Kier alpha value is -0.680. The first kappa shape index (κ1) is 14.3. The minimum Gasteiger partial charge on any atom is -0.465 e. The predicted octanol–water partition coefficient (Wildman–Crippen LogP) is 4.47. The van der Waals surface area contributed by atoms with E-state index in [0.717, 1.165) is 34.2 Å². The summed E-state index contributed by atoms with van der Waals surface area (Å²) in [7, 11) is 0. The van der Waals surface area contributed by atoms with Crippen LogP contribution >= 0.6 is 27.7 Å². The lowest BCUT2D eigenvalue weighted by atomic mass is 10.2. The van der Waals surface area contributed by atoms with Gasteiger partial charge in [-0.3, -0.25) is 4.57 Å². The smallest absolute Gasteiger partial charge is 0.297 e. The summed E-state index contributed by atoms with van der Waals surface area (Å²) in [6.07, 6.45) is 4.78. The largest absolute Gasteiger partial charge is 0.465 e. The zero-order valence-corrected chi connectivity index (χ0v) is 14.3. The first-order chi connectivity index (χ1) is 9.72. The molecular formula is C15H19BrN2OS. The highest BCUT2D eigenvalue weighted by molar-refractivity contribution is 9.10. The number of fused-ring (bicyclic) bond motifs is 1. The van der Waals surface area contributed by atoms with Crippen LogP contribution in [0.3, 0.4) is 0 Å². The normalized spacial score (nSPS) is 14.9. The predicted molar refractivity (Wildman–Crippen MR) is 88.5 cm³/mol. The van der Waals surface area contributed by atoms with Gasteiger partial charge in [0.05, 0.1) is 17.6 Å². The van der Waals surface area contributed by atoms with E-state index >= 15 is 0 Å². The van der Waals surface area contributed by atoms with E-state index in [0.29, 0.717) is 6.61 Å². The minimum atomic E-state index is 0.660. The molecule has 0 N–H and O–H groups in total. The molecule has 0 bridgehead atoms. The fourth-order valence-corrected chi connectivity index (χ4v) is 3.50. The van der Waals surface area contributed by atoms with Crippen LogP contribution in [0.4, 0.5) is 0 Å². The van der Waals surface area contributed by atoms with Crippen molar-refractivity contribution in [3.8, 4) is 6.01 Å². The fourth-order valence-electron chi connectivity index (χ4n) is 2.47. The van der Waals surface area contributed by atoms with Gasteiger partial charge in [0.15, 0.2) is 0 Å². The molecule has 3 nitrogen and oxygen atoms in total. The number of halogens is 1. The molecule has 0 radical (unpaired) electrons. The molecule has 0 saturated heterocycles. The Morgan fingerprint density at radius 1 is 1.45 bits per heavy atom. The van der Waals surface area contributed by atoms with Crippen molar-refractivity contribution < 1.29 is 4.74 Å². The monoisotopic (exact) mass is 354 g/mol. The number of imidazole rings is 1. The van der Waals surface area contributed by atoms with Crippen molar-refractivity contribution in [2.45, 2.75) is 32.1 Å². The Bertz CT molecular complexity index is 622. The molecular weight excluding hydrogens is 336 g/mol. The highest BCUT2D eigenvalue weighted by Crippen LogP contribution is 2.36. The molecule has 0 amide bonds. The van der Waals surface area contributed by atoms with E-state index in [1.165, 1.54) is 23.9 Å². The van der Waals surface area contributed by atoms with Crippen molar-refractivity contribution in [1.82, 2.24) is 9.55 Å². The van der Waals surface area contributed by atoms with Gasteiger partial charge in [-0.2, -0.15) is 16.7 Å². The minimum absolute atomic E-state index is 0.660. The Labute approximate surface area is 132 Å². The molecule has 1 saturated carbocycles. The number of benzene rings is 1. The first-order valence-electron chi connectivity index (χ1n) is 7.03. The zero-order chi connectivity index (χ0) is 14.1. The van der Waals surface area contributed by atoms with E-state index < -0.39 is 0 Å². The highest BCUT2D eigenvalue weighted by Gasteiger charge is 2.25. The maximum absolute atomic E-state index is 5.75. The van der Waals surface area contributed by atoms with Gasteiger partial charge < -0.3 is 4.74 Å². The molecule has 108 valence electrons. The van der Waals surface area contributed by atoms with Crippen molar-refractivity contribution in [2.75, 3.05) is 12.9 Å². The molecule has 1 aromatic heterocycles. The molecule has 5 heteroatoms. The number of hydrogen-bond donors (Lipinski definition) is 0. The van der Waals surface area contributed by atoms with Gasteiger partial charge >= 0.3 is 0 Å². The standard InChI is InChI=1S/C15H19BrN2OS/c1-3-19-15-17-14-11(9-20-2)6-12(16)7-13(14)18(15)8-10-4-5-10/h6-7,10H,3-5,8-9H2,1-2H3. The van der Waals surface area contributed by atoms with Crippen LogP contribution in [0, 0.1) is 5.92 Å². The summed E-state index contributed by atoms with van der Waals surface area (Å²) in [5, 5.41) is 0. The summed E-state index contributed by atoms with van der Waals surface area (Å²) in [6, 6.07) is 5.11. The van der Waals surface area contributed by atoms with Crippen molar-refractivity contribution >= 4 is 38.7 Å². The summed E-state index contributed by atoms with van der Waals surface area (Å²) in [4.78, 5) is 4.75. The average molecular weight is 355 g/mol. The Morgan fingerprint density at radius 3 is 2.90 bits per heavy atom. The Kier molecular flexibility index (Phi) is 4.26. The summed E-state index contributed by atoms with van der Waals surface area (Å²) in [5.74, 6) is 1.77. The van der Waals surface area contributed by atoms with Gasteiger partial charge in [-0.25, -0.2) is 0 Å². The summed E-state index contributed by atoms with van der Waals surface area (Å²) >= 11 is 5.45. The van der Waals surface area contributed by atoms with Crippen molar-refractivity contribution in [1.29, 1.82) is 0 Å². The number of rotatable bonds is 6. The van der Waals surface area contributed by atoms with Gasteiger partial charge in [0.2, 0.25) is 0 Å². The number of ether oxygens (including phenoxy) is 1. The fraction of sp³-hybridized carbons (Fsp3) is 0.533. The van der Waals surface area contributed by atoms with Gasteiger partial charge in [-0.15, -0.1) is 0 Å². The molecule has 1 fully saturated rings. The summed E-state index contributed by atoms with van der Waals surface area (Å²) in [6.45, 7) is 3.70. The second-order valence-corrected chi connectivity index (χ2v) is 7.03. The van der Waals surface area contributed by atoms with Crippen LogP contribution < -0.4 is 4.74 Å². The van der Waals surface area contributed by atoms with E-state index in [4.69, 9.17) is 9.72 Å². The maximum Gasteiger partial charge on any atom is 0.297 e. The van der Waals surface area contributed by atoms with E-state index in [1.54, 1.807) is 0 Å². The summed E-state index contributed by atoms with van der Waals surface area (Å²) < 4.78 is 9.13. The van der Waals surface area contributed by atoms with Gasteiger partial charge in [-0.1, -0.05) is 15.9 Å². The second-order valence-electron chi connectivity index (χ2n) is 5.25. The van der Waals surface area contributed by atoms with E-state index in [1.807, 2.05) is 18.7 Å². The topological polar surface area (TPSA) is 27.1 Å². The van der Waals surface area contributed by atoms with Crippen LogP contribution in [0.25, 0.3) is 11.0 Å².